The van der Waals surface area contributed by atoms with Crippen LogP contribution in [0.5, 0.6) is 0 Å². The van der Waals surface area contributed by atoms with E-state index in [0.717, 1.165) is 49.9 Å². The van der Waals surface area contributed by atoms with Gasteiger partial charge in [-0.2, -0.15) is 0 Å². The van der Waals surface area contributed by atoms with Crippen molar-refractivity contribution in [2.75, 3.05) is 0 Å². The molecule has 0 aromatic rings. The molecule has 4 saturated carbocycles. The maximum absolute atomic E-state index is 12.4. The molecule has 0 amide bonds. The third-order valence-corrected chi connectivity index (χ3v) is 8.95. The monoisotopic (exact) mass is 316 g/mol. The first-order chi connectivity index (χ1) is 10.9. The third kappa shape index (κ3) is 2.12. The first-order valence-electron chi connectivity index (χ1n) is 9.90. The molecule has 0 bridgehead atoms. The standard InChI is InChI=1S/C21H32O2/c1-13(22)14-8-10-20(2)15(12-14)4-5-16-17-6-7-19(23)21(17,3)11-9-18(16)20/h14-18H,4-12H2,1-3H3/t14-,15-,16-,17-,18-,20-,21-/m0/s1. The molecule has 0 saturated heterocycles. The van der Waals surface area contributed by atoms with E-state index in [1.165, 1.54) is 25.7 Å². The zero-order chi connectivity index (χ0) is 16.4. The molecule has 0 aromatic carbocycles. The number of Topliss-reactive ketones (excluding diaryl/α,β-unsaturated/α-hetero) is 2. The van der Waals surface area contributed by atoms with Crippen molar-refractivity contribution in [1.29, 1.82) is 0 Å². The summed E-state index contributed by atoms with van der Waals surface area (Å²) < 4.78 is 0. The smallest absolute Gasteiger partial charge is 0.139 e. The lowest BCUT2D eigenvalue weighted by Crippen LogP contribution is -2.53. The molecule has 4 fully saturated rings. The lowest BCUT2D eigenvalue weighted by atomic mass is 9.44. The molecule has 0 radical (unpaired) electrons. The van der Waals surface area contributed by atoms with Crippen LogP contribution < -0.4 is 0 Å². The van der Waals surface area contributed by atoms with Gasteiger partial charge in [0.2, 0.25) is 0 Å². The molecule has 2 heteroatoms. The molecule has 0 aliphatic heterocycles. The molecule has 128 valence electrons. The van der Waals surface area contributed by atoms with Gasteiger partial charge < -0.3 is 0 Å². The van der Waals surface area contributed by atoms with Crippen LogP contribution in [0.4, 0.5) is 0 Å². The number of carbonyl (C=O) groups excluding carboxylic acids is 2. The van der Waals surface area contributed by atoms with Crippen LogP contribution in [0.25, 0.3) is 0 Å². The van der Waals surface area contributed by atoms with Gasteiger partial charge in [-0.3, -0.25) is 9.59 Å². The topological polar surface area (TPSA) is 34.1 Å². The Balaban J connectivity index is 1.59. The number of hydrogen-bond acceptors (Lipinski definition) is 2. The second-order valence-corrected chi connectivity index (χ2v) is 9.66. The molecular weight excluding hydrogens is 284 g/mol. The van der Waals surface area contributed by atoms with Crippen molar-refractivity contribution in [2.24, 2.45) is 40.4 Å². The van der Waals surface area contributed by atoms with Gasteiger partial charge in [-0.05, 0) is 87.4 Å². The molecule has 23 heavy (non-hydrogen) atoms. The summed E-state index contributed by atoms with van der Waals surface area (Å²) in [6, 6.07) is 0. The Labute approximate surface area is 140 Å². The highest BCUT2D eigenvalue weighted by molar-refractivity contribution is 5.87. The number of carbonyl (C=O) groups is 2. The number of fused-ring (bicyclic) bond motifs is 5. The fourth-order valence-electron chi connectivity index (χ4n) is 7.40. The highest BCUT2D eigenvalue weighted by Gasteiger charge is 2.60. The van der Waals surface area contributed by atoms with E-state index in [9.17, 15) is 9.59 Å². The van der Waals surface area contributed by atoms with Crippen molar-refractivity contribution in [3.05, 3.63) is 0 Å². The Morgan fingerprint density at radius 2 is 1.78 bits per heavy atom. The summed E-state index contributed by atoms with van der Waals surface area (Å²) in [6.45, 7) is 6.59. The lowest BCUT2D eigenvalue weighted by Gasteiger charge is -2.60. The lowest BCUT2D eigenvalue weighted by molar-refractivity contribution is -0.143. The summed E-state index contributed by atoms with van der Waals surface area (Å²) in [5, 5.41) is 0. The van der Waals surface area contributed by atoms with E-state index in [2.05, 4.69) is 13.8 Å². The van der Waals surface area contributed by atoms with E-state index in [1.54, 1.807) is 6.92 Å². The first-order valence-corrected chi connectivity index (χ1v) is 9.90. The molecule has 4 aliphatic rings. The molecule has 4 aliphatic carbocycles. The van der Waals surface area contributed by atoms with Crippen molar-refractivity contribution in [3.8, 4) is 0 Å². The molecule has 0 spiro atoms. The van der Waals surface area contributed by atoms with Crippen LogP contribution in [0.3, 0.4) is 0 Å². The molecular formula is C21H32O2. The van der Waals surface area contributed by atoms with Crippen LogP contribution in [0.1, 0.15) is 78.6 Å². The highest BCUT2D eigenvalue weighted by Crippen LogP contribution is 2.65. The molecule has 0 aromatic heterocycles. The first kappa shape index (κ1) is 15.8. The average Bonchev–Trinajstić information content (AvgIpc) is 2.82. The van der Waals surface area contributed by atoms with Gasteiger partial charge in [-0.1, -0.05) is 13.8 Å². The largest absolute Gasteiger partial charge is 0.300 e. The third-order valence-electron chi connectivity index (χ3n) is 8.95. The van der Waals surface area contributed by atoms with Gasteiger partial charge in [-0.25, -0.2) is 0 Å². The molecule has 4 rings (SSSR count). The summed E-state index contributed by atoms with van der Waals surface area (Å²) in [6.07, 6.45) is 10.4. The van der Waals surface area contributed by atoms with Crippen LogP contribution in [-0.2, 0) is 9.59 Å². The summed E-state index contributed by atoms with van der Waals surface area (Å²) in [5.41, 5.74) is 0.433. The predicted molar refractivity (Wildman–Crippen MR) is 90.9 cm³/mol. The fourth-order valence-corrected chi connectivity index (χ4v) is 7.40. The van der Waals surface area contributed by atoms with Crippen molar-refractivity contribution in [3.63, 3.8) is 0 Å². The summed E-state index contributed by atoms with van der Waals surface area (Å²) in [7, 11) is 0. The van der Waals surface area contributed by atoms with E-state index in [0.29, 0.717) is 28.8 Å². The number of hydrogen-bond donors (Lipinski definition) is 0. The second-order valence-electron chi connectivity index (χ2n) is 9.66. The van der Waals surface area contributed by atoms with E-state index < -0.39 is 0 Å². The van der Waals surface area contributed by atoms with Gasteiger partial charge in [-0.15, -0.1) is 0 Å². The van der Waals surface area contributed by atoms with E-state index >= 15 is 0 Å². The number of ketones is 2. The predicted octanol–water partition coefficient (Wildman–Crippen LogP) is 4.80. The quantitative estimate of drug-likeness (QED) is 0.696. The fraction of sp³-hybridized carbons (Fsp3) is 0.905. The van der Waals surface area contributed by atoms with Crippen LogP contribution in [-0.4, -0.2) is 11.6 Å². The van der Waals surface area contributed by atoms with Gasteiger partial charge in [0, 0.05) is 17.8 Å². The van der Waals surface area contributed by atoms with Crippen molar-refractivity contribution in [1.82, 2.24) is 0 Å². The summed E-state index contributed by atoms with van der Waals surface area (Å²) >= 11 is 0. The van der Waals surface area contributed by atoms with Gasteiger partial charge in [0.05, 0.1) is 0 Å². The zero-order valence-electron chi connectivity index (χ0n) is 15.1. The Morgan fingerprint density at radius 1 is 1.00 bits per heavy atom. The summed E-state index contributed by atoms with van der Waals surface area (Å²) in [5.74, 6) is 4.25. The number of rotatable bonds is 1. The maximum Gasteiger partial charge on any atom is 0.139 e. The van der Waals surface area contributed by atoms with Crippen molar-refractivity contribution < 1.29 is 9.59 Å². The van der Waals surface area contributed by atoms with E-state index in [1.807, 2.05) is 0 Å². The van der Waals surface area contributed by atoms with E-state index in [4.69, 9.17) is 0 Å². The molecule has 0 N–H and O–H groups in total. The average molecular weight is 316 g/mol. The summed E-state index contributed by atoms with van der Waals surface area (Å²) in [4.78, 5) is 24.3. The van der Waals surface area contributed by atoms with E-state index in [-0.39, 0.29) is 5.41 Å². The van der Waals surface area contributed by atoms with Crippen LogP contribution >= 0.6 is 0 Å². The molecule has 7 atom stereocenters. The Morgan fingerprint density at radius 3 is 2.52 bits per heavy atom. The van der Waals surface area contributed by atoms with Gasteiger partial charge >= 0.3 is 0 Å². The Hall–Kier alpha value is -0.660. The minimum absolute atomic E-state index is 0.000942. The minimum atomic E-state index is 0.000942. The van der Waals surface area contributed by atoms with Gasteiger partial charge in [0.1, 0.15) is 11.6 Å². The molecule has 0 heterocycles. The normalized spacial score (nSPS) is 52.5. The van der Waals surface area contributed by atoms with Crippen LogP contribution in [0.2, 0.25) is 0 Å². The van der Waals surface area contributed by atoms with Crippen molar-refractivity contribution >= 4 is 11.6 Å². The SMILES string of the molecule is CC(=O)[C@H]1CC[C@@]2(C)[C@@H](CC[C@@H]3[C@@H]2CC[C@]2(C)C(=O)CC[C@@H]32)C1. The molecule has 2 nitrogen and oxygen atoms in total. The minimum Gasteiger partial charge on any atom is -0.300 e. The Kier molecular flexibility index (Phi) is 3.56. The van der Waals surface area contributed by atoms with Gasteiger partial charge in [0.25, 0.3) is 0 Å². The van der Waals surface area contributed by atoms with Crippen molar-refractivity contribution in [2.45, 2.75) is 78.6 Å². The highest BCUT2D eigenvalue weighted by atomic mass is 16.1. The van der Waals surface area contributed by atoms with Crippen LogP contribution in [0, 0.1) is 40.4 Å². The maximum atomic E-state index is 12.4. The Bertz CT molecular complexity index is 538. The second kappa shape index (κ2) is 5.17. The zero-order valence-corrected chi connectivity index (χ0v) is 15.1. The van der Waals surface area contributed by atoms with Gasteiger partial charge in [0.15, 0.2) is 0 Å². The molecule has 0 unspecified atom stereocenters. The van der Waals surface area contributed by atoms with Crippen LogP contribution in [0.15, 0.2) is 0 Å².